The molecular formula is C16H22FN3. The quantitative estimate of drug-likeness (QED) is 0.666. The fourth-order valence-electron chi connectivity index (χ4n) is 2.88. The smallest absolute Gasteiger partial charge is 0.191 e. The average Bonchev–Trinajstić information content (AvgIpc) is 3.19. The largest absolute Gasteiger partial charge is 0.370 e. The van der Waals surface area contributed by atoms with E-state index in [9.17, 15) is 4.39 Å². The summed E-state index contributed by atoms with van der Waals surface area (Å²) in [5.41, 5.74) is 7.28. The summed E-state index contributed by atoms with van der Waals surface area (Å²) in [6.07, 6.45) is 3.42. The van der Waals surface area contributed by atoms with Crippen molar-refractivity contribution < 1.29 is 4.39 Å². The maximum absolute atomic E-state index is 12.9. The molecule has 20 heavy (non-hydrogen) atoms. The number of likely N-dealkylation sites (tertiary alicyclic amines) is 1. The zero-order valence-corrected chi connectivity index (χ0v) is 11.9. The molecule has 1 aromatic rings. The molecule has 4 heteroatoms. The Hall–Kier alpha value is -1.58. The first-order valence-corrected chi connectivity index (χ1v) is 7.47. The summed E-state index contributed by atoms with van der Waals surface area (Å²) in [5.74, 6) is 1.72. The number of hydrogen-bond donors (Lipinski definition) is 1. The molecule has 1 saturated carbocycles. The van der Waals surface area contributed by atoms with Gasteiger partial charge in [0, 0.05) is 19.0 Å². The molecule has 3 rings (SSSR count). The summed E-state index contributed by atoms with van der Waals surface area (Å²) < 4.78 is 12.9. The van der Waals surface area contributed by atoms with Gasteiger partial charge in [-0.15, -0.1) is 0 Å². The molecule has 2 atom stereocenters. The van der Waals surface area contributed by atoms with E-state index < -0.39 is 0 Å². The van der Waals surface area contributed by atoms with Gasteiger partial charge in [-0.25, -0.2) is 9.38 Å². The van der Waals surface area contributed by atoms with Crippen LogP contribution in [-0.2, 0) is 0 Å². The van der Waals surface area contributed by atoms with Crippen molar-refractivity contribution in [1.82, 2.24) is 4.90 Å². The van der Waals surface area contributed by atoms with Crippen LogP contribution in [-0.4, -0.2) is 30.0 Å². The maximum Gasteiger partial charge on any atom is 0.191 e. The van der Waals surface area contributed by atoms with Crippen molar-refractivity contribution in [3.05, 3.63) is 35.6 Å². The first kappa shape index (κ1) is 13.4. The first-order valence-electron chi connectivity index (χ1n) is 7.47. The number of aliphatic imine (C=N–C) groups is 1. The van der Waals surface area contributed by atoms with Crippen molar-refractivity contribution in [2.75, 3.05) is 13.1 Å². The van der Waals surface area contributed by atoms with Crippen LogP contribution in [0.2, 0.25) is 0 Å². The van der Waals surface area contributed by atoms with Crippen molar-refractivity contribution in [1.29, 1.82) is 0 Å². The molecule has 2 aliphatic rings. The van der Waals surface area contributed by atoms with E-state index in [0.29, 0.717) is 11.9 Å². The molecule has 1 aliphatic carbocycles. The highest BCUT2D eigenvalue weighted by Crippen LogP contribution is 2.43. The fraction of sp³-hybridized carbons (Fsp3) is 0.562. The molecule has 2 N–H and O–H groups in total. The number of benzene rings is 1. The third kappa shape index (κ3) is 2.94. The summed E-state index contributed by atoms with van der Waals surface area (Å²) in [7, 11) is 0. The maximum atomic E-state index is 12.9. The highest BCUT2D eigenvalue weighted by molar-refractivity contribution is 5.78. The lowest BCUT2D eigenvalue weighted by atomic mass is 10.00. The average molecular weight is 275 g/mol. The minimum atomic E-state index is -0.184. The van der Waals surface area contributed by atoms with E-state index in [2.05, 4.69) is 16.8 Å². The molecule has 3 nitrogen and oxygen atoms in total. The minimum Gasteiger partial charge on any atom is -0.370 e. The fourth-order valence-corrected chi connectivity index (χ4v) is 2.88. The van der Waals surface area contributed by atoms with Crippen LogP contribution in [0, 0.1) is 11.7 Å². The summed E-state index contributed by atoms with van der Waals surface area (Å²) in [6.45, 7) is 4.32. The Kier molecular flexibility index (Phi) is 3.64. The number of hydrogen-bond acceptors (Lipinski definition) is 1. The summed E-state index contributed by atoms with van der Waals surface area (Å²) >= 11 is 0. The van der Waals surface area contributed by atoms with Gasteiger partial charge in [0.1, 0.15) is 5.82 Å². The summed E-state index contributed by atoms with van der Waals surface area (Å²) in [6, 6.07) is 7.02. The van der Waals surface area contributed by atoms with Gasteiger partial charge in [-0.2, -0.15) is 0 Å². The van der Waals surface area contributed by atoms with Crippen LogP contribution >= 0.6 is 0 Å². The lowest BCUT2D eigenvalue weighted by molar-refractivity contribution is 0.277. The standard InChI is InChI=1S/C16H22FN3/c1-11-6-8-20(9-7-11)16(18)19-15-10-14(15)12-2-4-13(17)5-3-12/h2-5,11,14-15H,6-10H2,1H3,(H2,18,19)/t14-,15+/m0/s1. The van der Waals surface area contributed by atoms with Crippen LogP contribution < -0.4 is 5.73 Å². The molecule has 0 radical (unpaired) electrons. The Morgan fingerprint density at radius 1 is 1.25 bits per heavy atom. The van der Waals surface area contributed by atoms with Crippen LogP contribution in [0.5, 0.6) is 0 Å². The Labute approximate surface area is 119 Å². The number of halogens is 1. The van der Waals surface area contributed by atoms with Gasteiger partial charge in [0.25, 0.3) is 0 Å². The Bertz CT molecular complexity index is 489. The zero-order valence-electron chi connectivity index (χ0n) is 11.9. The van der Waals surface area contributed by atoms with Crippen molar-refractivity contribution in [3.63, 3.8) is 0 Å². The first-order chi connectivity index (χ1) is 9.63. The highest BCUT2D eigenvalue weighted by atomic mass is 19.1. The lowest BCUT2D eigenvalue weighted by Gasteiger charge is -2.31. The van der Waals surface area contributed by atoms with Crippen LogP contribution in [0.1, 0.15) is 37.7 Å². The molecule has 108 valence electrons. The second-order valence-corrected chi connectivity index (χ2v) is 6.12. The SMILES string of the molecule is CC1CCN(C(N)=N[C@@H]2C[C@H]2c2ccc(F)cc2)CC1. The predicted molar refractivity (Wildman–Crippen MR) is 79.1 cm³/mol. The second-order valence-electron chi connectivity index (χ2n) is 6.12. The number of nitrogens with zero attached hydrogens (tertiary/aromatic N) is 2. The normalized spacial score (nSPS) is 27.7. The molecule has 1 saturated heterocycles. The van der Waals surface area contributed by atoms with E-state index in [1.807, 2.05) is 12.1 Å². The van der Waals surface area contributed by atoms with Gasteiger partial charge >= 0.3 is 0 Å². The third-order valence-corrected chi connectivity index (χ3v) is 4.46. The van der Waals surface area contributed by atoms with Gasteiger partial charge in [-0.1, -0.05) is 19.1 Å². The highest BCUT2D eigenvalue weighted by Gasteiger charge is 2.38. The van der Waals surface area contributed by atoms with Gasteiger partial charge in [-0.05, 0) is 42.9 Å². The molecule has 0 aromatic heterocycles. The second kappa shape index (κ2) is 5.43. The van der Waals surface area contributed by atoms with Gasteiger partial charge in [0.15, 0.2) is 5.96 Å². The van der Waals surface area contributed by atoms with E-state index in [4.69, 9.17) is 5.73 Å². The Balaban J connectivity index is 1.59. The monoisotopic (exact) mass is 275 g/mol. The van der Waals surface area contributed by atoms with Crippen molar-refractivity contribution in [2.24, 2.45) is 16.6 Å². The van der Waals surface area contributed by atoms with E-state index in [0.717, 1.165) is 25.4 Å². The van der Waals surface area contributed by atoms with Gasteiger partial charge < -0.3 is 10.6 Å². The molecule has 0 amide bonds. The van der Waals surface area contributed by atoms with Crippen LogP contribution in [0.15, 0.2) is 29.3 Å². The van der Waals surface area contributed by atoms with Crippen LogP contribution in [0.25, 0.3) is 0 Å². The molecule has 2 fully saturated rings. The summed E-state index contributed by atoms with van der Waals surface area (Å²) in [4.78, 5) is 6.84. The minimum absolute atomic E-state index is 0.184. The number of guanidine groups is 1. The molecular weight excluding hydrogens is 253 g/mol. The van der Waals surface area contributed by atoms with Gasteiger partial charge in [0.05, 0.1) is 6.04 Å². The van der Waals surface area contributed by atoms with Crippen molar-refractivity contribution in [2.45, 2.75) is 38.1 Å². The summed E-state index contributed by atoms with van der Waals surface area (Å²) in [5, 5.41) is 0. The molecule has 1 aliphatic heterocycles. The molecule has 0 bridgehead atoms. The Morgan fingerprint density at radius 3 is 2.55 bits per heavy atom. The zero-order chi connectivity index (χ0) is 14.1. The third-order valence-electron chi connectivity index (χ3n) is 4.46. The van der Waals surface area contributed by atoms with Gasteiger partial charge in [-0.3, -0.25) is 0 Å². The van der Waals surface area contributed by atoms with E-state index in [1.54, 1.807) is 0 Å². The lowest BCUT2D eigenvalue weighted by Crippen LogP contribution is -2.42. The molecule has 1 aromatic carbocycles. The molecule has 1 heterocycles. The van der Waals surface area contributed by atoms with Crippen LogP contribution in [0.4, 0.5) is 4.39 Å². The topological polar surface area (TPSA) is 41.6 Å². The van der Waals surface area contributed by atoms with E-state index in [1.165, 1.54) is 30.5 Å². The van der Waals surface area contributed by atoms with Crippen molar-refractivity contribution in [3.8, 4) is 0 Å². The van der Waals surface area contributed by atoms with E-state index >= 15 is 0 Å². The molecule has 0 unspecified atom stereocenters. The van der Waals surface area contributed by atoms with Crippen molar-refractivity contribution >= 4 is 5.96 Å². The number of nitrogens with two attached hydrogens (primary N) is 1. The Morgan fingerprint density at radius 2 is 1.90 bits per heavy atom. The number of rotatable bonds is 2. The van der Waals surface area contributed by atoms with E-state index in [-0.39, 0.29) is 11.9 Å². The van der Waals surface area contributed by atoms with Gasteiger partial charge in [0.2, 0.25) is 0 Å². The number of piperidine rings is 1. The molecule has 0 spiro atoms. The van der Waals surface area contributed by atoms with Crippen LogP contribution in [0.3, 0.4) is 0 Å². The predicted octanol–water partition coefficient (Wildman–Crippen LogP) is 2.73.